The van der Waals surface area contributed by atoms with Gasteiger partial charge >= 0.3 is 6.11 Å². The van der Waals surface area contributed by atoms with E-state index in [0.717, 1.165) is 49.4 Å². The molecule has 4 heteroatoms. The average Bonchev–Trinajstić information content (AvgIpc) is 2.94. The van der Waals surface area contributed by atoms with Crippen LogP contribution >= 0.6 is 0 Å². The molecule has 3 fully saturated rings. The fourth-order valence-corrected chi connectivity index (χ4v) is 7.78. The molecule has 0 unspecified atom stereocenters. The molecule has 3 saturated carbocycles. The van der Waals surface area contributed by atoms with Crippen LogP contribution in [0.5, 0.6) is 5.75 Å². The Kier molecular flexibility index (Phi) is 11.8. The molecule has 1 aromatic carbocycles. The van der Waals surface area contributed by atoms with Gasteiger partial charge < -0.3 is 9.47 Å². The molecular formula is C34H54F2O2. The summed E-state index contributed by atoms with van der Waals surface area (Å²) < 4.78 is 40.0. The van der Waals surface area contributed by atoms with E-state index in [2.05, 4.69) is 13.8 Å². The molecule has 0 amide bonds. The standard InChI is InChI=1S/C34H54F2O2/c1-3-5-6-8-27-11-15-29(16-12-27)31-19-23-33(24-20-31)38-34(35,36)25-37-32-21-17-30(18-22-32)28-13-9-26(7-4-2)10-14-28/h19-20,23-24,26-30,32H,3-18,21-22,25H2,1-2H3. The van der Waals surface area contributed by atoms with Crippen molar-refractivity contribution in [2.45, 2.75) is 148 Å². The normalized spacial score (nSPS) is 30.7. The number of alkyl halides is 2. The molecule has 0 spiro atoms. The number of benzene rings is 1. The topological polar surface area (TPSA) is 18.5 Å². The molecule has 4 rings (SSSR count). The van der Waals surface area contributed by atoms with Gasteiger partial charge in [-0.3, -0.25) is 0 Å². The van der Waals surface area contributed by atoms with Crippen LogP contribution in [0.2, 0.25) is 0 Å². The molecule has 0 aromatic heterocycles. The summed E-state index contributed by atoms with van der Waals surface area (Å²) in [5.74, 6) is 4.21. The van der Waals surface area contributed by atoms with Gasteiger partial charge in [0.2, 0.25) is 0 Å². The smallest absolute Gasteiger partial charge is 0.421 e. The van der Waals surface area contributed by atoms with Crippen LogP contribution < -0.4 is 4.74 Å². The van der Waals surface area contributed by atoms with Crippen molar-refractivity contribution in [3.63, 3.8) is 0 Å². The highest BCUT2D eigenvalue weighted by Crippen LogP contribution is 2.42. The number of halogens is 2. The molecule has 0 atom stereocenters. The van der Waals surface area contributed by atoms with Crippen LogP contribution in [0.3, 0.4) is 0 Å². The molecule has 3 aliphatic rings. The van der Waals surface area contributed by atoms with Crippen molar-refractivity contribution < 1.29 is 18.3 Å². The zero-order valence-corrected chi connectivity index (χ0v) is 24.3. The first kappa shape index (κ1) is 29.8. The maximum absolute atomic E-state index is 14.6. The molecule has 0 N–H and O–H groups in total. The molecular weight excluding hydrogens is 478 g/mol. The van der Waals surface area contributed by atoms with Crippen LogP contribution in [-0.4, -0.2) is 18.8 Å². The van der Waals surface area contributed by atoms with Crippen LogP contribution in [0.25, 0.3) is 0 Å². The van der Waals surface area contributed by atoms with Gasteiger partial charge in [0.05, 0.1) is 6.10 Å². The van der Waals surface area contributed by atoms with E-state index in [0.29, 0.717) is 5.92 Å². The van der Waals surface area contributed by atoms with Crippen LogP contribution in [0.1, 0.15) is 141 Å². The summed E-state index contributed by atoms with van der Waals surface area (Å²) in [7, 11) is 0. The number of hydrogen-bond donors (Lipinski definition) is 0. The van der Waals surface area contributed by atoms with Crippen LogP contribution in [0.15, 0.2) is 24.3 Å². The molecule has 0 heterocycles. The second-order valence-electron chi connectivity index (χ2n) is 12.9. The summed E-state index contributed by atoms with van der Waals surface area (Å²) in [6.07, 6.45) is 19.3. The van der Waals surface area contributed by atoms with Crippen molar-refractivity contribution >= 4 is 0 Å². The molecule has 2 nitrogen and oxygen atoms in total. The van der Waals surface area contributed by atoms with Crippen molar-refractivity contribution in [2.75, 3.05) is 6.61 Å². The van der Waals surface area contributed by atoms with Gasteiger partial charge in [-0.05, 0) is 111 Å². The summed E-state index contributed by atoms with van der Waals surface area (Å²) >= 11 is 0. The minimum atomic E-state index is -3.30. The van der Waals surface area contributed by atoms with Gasteiger partial charge in [-0.15, -0.1) is 0 Å². The second-order valence-corrected chi connectivity index (χ2v) is 12.9. The largest absolute Gasteiger partial charge is 0.431 e. The lowest BCUT2D eigenvalue weighted by Gasteiger charge is -2.38. The first-order valence-corrected chi connectivity index (χ1v) is 16.2. The van der Waals surface area contributed by atoms with Crippen molar-refractivity contribution in [1.82, 2.24) is 0 Å². The molecule has 216 valence electrons. The fourth-order valence-electron chi connectivity index (χ4n) is 7.78. The van der Waals surface area contributed by atoms with E-state index in [-0.39, 0.29) is 11.9 Å². The Bertz CT molecular complexity index is 770. The zero-order valence-electron chi connectivity index (χ0n) is 24.3. The molecule has 0 radical (unpaired) electrons. The Morgan fingerprint density at radius 2 is 1.26 bits per heavy atom. The Hall–Kier alpha value is -1.16. The van der Waals surface area contributed by atoms with Crippen LogP contribution in [0.4, 0.5) is 8.78 Å². The Morgan fingerprint density at radius 3 is 1.87 bits per heavy atom. The summed E-state index contributed by atoms with van der Waals surface area (Å²) in [6.45, 7) is 3.89. The maximum atomic E-state index is 14.6. The molecule has 0 saturated heterocycles. The molecule has 1 aromatic rings. The van der Waals surface area contributed by atoms with Crippen molar-refractivity contribution in [2.24, 2.45) is 23.7 Å². The maximum Gasteiger partial charge on any atom is 0.421 e. The highest BCUT2D eigenvalue weighted by molar-refractivity contribution is 5.30. The highest BCUT2D eigenvalue weighted by Gasteiger charge is 2.36. The number of unbranched alkanes of at least 4 members (excludes halogenated alkanes) is 2. The lowest BCUT2D eigenvalue weighted by molar-refractivity contribution is -0.222. The second kappa shape index (κ2) is 15.0. The van der Waals surface area contributed by atoms with Crippen molar-refractivity contribution in [3.05, 3.63) is 29.8 Å². The van der Waals surface area contributed by atoms with Gasteiger partial charge in [-0.25, -0.2) is 0 Å². The minimum Gasteiger partial charge on any atom is -0.431 e. The van der Waals surface area contributed by atoms with Gasteiger partial charge in [-0.1, -0.05) is 77.3 Å². The predicted molar refractivity (Wildman–Crippen MR) is 153 cm³/mol. The minimum absolute atomic E-state index is 0.0587. The molecule has 38 heavy (non-hydrogen) atoms. The third kappa shape index (κ3) is 9.20. The third-order valence-corrected chi connectivity index (χ3v) is 10.1. The van der Waals surface area contributed by atoms with E-state index < -0.39 is 12.7 Å². The SMILES string of the molecule is CCCCCC1CCC(c2ccc(OC(F)(F)COC3CCC(C4CCC(CCC)CC4)CC3)cc2)CC1. The van der Waals surface area contributed by atoms with Crippen molar-refractivity contribution in [1.29, 1.82) is 0 Å². The van der Waals surface area contributed by atoms with E-state index in [4.69, 9.17) is 9.47 Å². The Morgan fingerprint density at radius 1 is 0.684 bits per heavy atom. The summed E-state index contributed by atoms with van der Waals surface area (Å²) in [6, 6.07) is 7.42. The van der Waals surface area contributed by atoms with E-state index in [9.17, 15) is 8.78 Å². The van der Waals surface area contributed by atoms with Crippen LogP contribution in [0, 0.1) is 23.7 Å². The first-order chi connectivity index (χ1) is 18.5. The van der Waals surface area contributed by atoms with Crippen molar-refractivity contribution in [3.8, 4) is 5.75 Å². The Labute approximate surface area is 231 Å². The summed E-state index contributed by atoms with van der Waals surface area (Å²) in [5.41, 5.74) is 1.26. The van der Waals surface area contributed by atoms with E-state index >= 15 is 0 Å². The summed E-state index contributed by atoms with van der Waals surface area (Å²) in [5, 5.41) is 0. The predicted octanol–water partition coefficient (Wildman–Crippen LogP) is 10.7. The Balaban J connectivity index is 1.13. The van der Waals surface area contributed by atoms with Gasteiger partial charge in [-0.2, -0.15) is 8.78 Å². The van der Waals surface area contributed by atoms with Gasteiger partial charge in [0, 0.05) is 0 Å². The fraction of sp³-hybridized carbons (Fsp3) is 0.824. The van der Waals surface area contributed by atoms with Gasteiger partial charge in [0.1, 0.15) is 5.75 Å². The quantitative estimate of drug-likeness (QED) is 0.235. The monoisotopic (exact) mass is 532 g/mol. The first-order valence-electron chi connectivity index (χ1n) is 16.2. The average molecular weight is 533 g/mol. The number of ether oxygens (including phenoxy) is 2. The van der Waals surface area contributed by atoms with Gasteiger partial charge in [0.25, 0.3) is 0 Å². The number of hydrogen-bond acceptors (Lipinski definition) is 2. The van der Waals surface area contributed by atoms with Crippen LogP contribution in [-0.2, 0) is 4.74 Å². The zero-order chi connectivity index (χ0) is 26.8. The summed E-state index contributed by atoms with van der Waals surface area (Å²) in [4.78, 5) is 0. The lowest BCUT2D eigenvalue weighted by atomic mass is 9.70. The van der Waals surface area contributed by atoms with E-state index in [1.165, 1.54) is 95.5 Å². The number of rotatable bonds is 13. The third-order valence-electron chi connectivity index (χ3n) is 10.1. The lowest BCUT2D eigenvalue weighted by Crippen LogP contribution is -2.35. The van der Waals surface area contributed by atoms with E-state index in [1.807, 2.05) is 12.1 Å². The van der Waals surface area contributed by atoms with Gasteiger partial charge in [0.15, 0.2) is 6.61 Å². The highest BCUT2D eigenvalue weighted by atomic mass is 19.3. The molecule has 0 bridgehead atoms. The molecule has 0 aliphatic heterocycles. The van der Waals surface area contributed by atoms with E-state index in [1.54, 1.807) is 12.1 Å². The molecule has 3 aliphatic carbocycles.